The molecule has 0 bridgehead atoms. The lowest BCUT2D eigenvalue weighted by molar-refractivity contribution is 0.418. The summed E-state index contributed by atoms with van der Waals surface area (Å²) in [4.78, 5) is 13.0. The fraction of sp³-hybridized carbons (Fsp3) is 0.0556. The van der Waals surface area contributed by atoms with Crippen molar-refractivity contribution in [1.82, 2.24) is 14.5 Å². The Bertz CT molecular complexity index is 3340. The van der Waals surface area contributed by atoms with Gasteiger partial charge in [0.25, 0.3) is 0 Å². The molecule has 1 aliphatic rings. The fourth-order valence-corrected chi connectivity index (χ4v) is 8.84. The minimum atomic E-state index is -0.362. The van der Waals surface area contributed by atoms with Crippen LogP contribution >= 0.6 is 0 Å². The van der Waals surface area contributed by atoms with Gasteiger partial charge >= 0.3 is 0 Å². The SMILES string of the molecule is [C-]#[N+]c1ccc2c(c1)c1cc(-c3ccc4c(c3)C(C)(C)c3cc(-c5cc(-c6cccnc6)cc(-c6cnc7ccccc7c6)c5)ccc3O4)ccc1n2-c1ccccc1. The van der Waals surface area contributed by atoms with Crippen LogP contribution in [0.25, 0.3) is 87.7 Å². The second-order valence-electron chi connectivity index (χ2n) is 15.8. The molecule has 5 nitrogen and oxygen atoms in total. The topological polar surface area (TPSA) is 44.3 Å². The lowest BCUT2D eigenvalue weighted by Crippen LogP contribution is -2.24. The molecule has 0 saturated heterocycles. The molecular weight excluding hydrogens is 721 g/mol. The molecule has 0 N–H and O–H groups in total. The van der Waals surface area contributed by atoms with E-state index in [-0.39, 0.29) is 5.41 Å². The predicted molar refractivity (Wildman–Crippen MR) is 241 cm³/mol. The number of hydrogen-bond donors (Lipinski definition) is 0. The summed E-state index contributed by atoms with van der Waals surface area (Å²) < 4.78 is 8.97. The minimum absolute atomic E-state index is 0.362. The van der Waals surface area contributed by atoms with E-state index in [9.17, 15) is 0 Å². The van der Waals surface area contributed by atoms with E-state index in [2.05, 4.69) is 156 Å². The van der Waals surface area contributed by atoms with Gasteiger partial charge in [-0.15, -0.1) is 0 Å². The predicted octanol–water partition coefficient (Wildman–Crippen LogP) is 14.4. The zero-order valence-electron chi connectivity index (χ0n) is 32.5. The molecule has 0 radical (unpaired) electrons. The van der Waals surface area contributed by atoms with Gasteiger partial charge in [-0.1, -0.05) is 80.6 Å². The third-order valence-electron chi connectivity index (χ3n) is 11.9. The molecule has 7 aromatic carbocycles. The van der Waals surface area contributed by atoms with Gasteiger partial charge < -0.3 is 9.30 Å². The molecule has 278 valence electrons. The average molecular weight is 757 g/mol. The molecule has 11 rings (SSSR count). The van der Waals surface area contributed by atoms with Crippen LogP contribution in [0.1, 0.15) is 25.0 Å². The number of nitrogens with zero attached hydrogens (tertiary/aromatic N) is 4. The van der Waals surface area contributed by atoms with Crippen molar-refractivity contribution in [3.63, 3.8) is 0 Å². The molecule has 10 aromatic rings. The van der Waals surface area contributed by atoms with E-state index >= 15 is 0 Å². The number of hydrogen-bond acceptors (Lipinski definition) is 3. The third kappa shape index (κ3) is 5.76. The Kier molecular flexibility index (Phi) is 7.82. The van der Waals surface area contributed by atoms with Crippen LogP contribution in [0, 0.1) is 6.57 Å². The molecule has 5 heteroatoms. The maximum absolute atomic E-state index is 7.73. The van der Waals surface area contributed by atoms with Crippen LogP contribution in [0.15, 0.2) is 182 Å². The first-order valence-electron chi connectivity index (χ1n) is 19.8. The number of ether oxygens (including phenoxy) is 1. The average Bonchev–Trinajstić information content (AvgIpc) is 3.62. The molecule has 0 amide bonds. The van der Waals surface area contributed by atoms with Crippen molar-refractivity contribution < 1.29 is 4.74 Å². The summed E-state index contributed by atoms with van der Waals surface area (Å²) in [6, 6.07) is 57.5. The van der Waals surface area contributed by atoms with Gasteiger partial charge in [0.15, 0.2) is 5.69 Å². The normalized spacial score (nSPS) is 12.8. The van der Waals surface area contributed by atoms with Gasteiger partial charge in [0.05, 0.1) is 23.1 Å². The van der Waals surface area contributed by atoms with E-state index < -0.39 is 0 Å². The summed E-state index contributed by atoms with van der Waals surface area (Å²) in [6.45, 7) is 12.3. The van der Waals surface area contributed by atoms with Crippen LogP contribution < -0.4 is 4.74 Å². The Balaban J connectivity index is 1.01. The van der Waals surface area contributed by atoms with E-state index in [0.29, 0.717) is 5.69 Å². The molecule has 0 spiro atoms. The van der Waals surface area contributed by atoms with Gasteiger partial charge in [-0.3, -0.25) is 9.97 Å². The molecular formula is C54H36N4O. The second-order valence-corrected chi connectivity index (χ2v) is 15.8. The van der Waals surface area contributed by atoms with Crippen molar-refractivity contribution in [1.29, 1.82) is 0 Å². The molecule has 0 fully saturated rings. The Morgan fingerprint density at radius 1 is 0.525 bits per heavy atom. The number of benzene rings is 7. The number of rotatable bonds is 5. The molecule has 0 saturated carbocycles. The first-order chi connectivity index (χ1) is 28.9. The lowest BCUT2D eigenvalue weighted by atomic mass is 9.74. The van der Waals surface area contributed by atoms with Crippen LogP contribution in [0.2, 0.25) is 0 Å². The summed E-state index contributed by atoms with van der Waals surface area (Å²) >= 11 is 0. The van der Waals surface area contributed by atoms with E-state index in [1.807, 2.05) is 55.0 Å². The quantitative estimate of drug-likeness (QED) is 0.164. The van der Waals surface area contributed by atoms with Crippen LogP contribution in [-0.2, 0) is 5.41 Å². The van der Waals surface area contributed by atoms with Crippen LogP contribution in [0.3, 0.4) is 0 Å². The largest absolute Gasteiger partial charge is 0.457 e. The van der Waals surface area contributed by atoms with Gasteiger partial charge in [0.2, 0.25) is 0 Å². The van der Waals surface area contributed by atoms with Crippen molar-refractivity contribution in [3.8, 4) is 61.7 Å². The molecule has 59 heavy (non-hydrogen) atoms. The molecule has 1 aliphatic heterocycles. The summed E-state index contributed by atoms with van der Waals surface area (Å²) in [5.41, 5.74) is 15.5. The number of para-hydroxylation sites is 2. The van der Waals surface area contributed by atoms with E-state index in [4.69, 9.17) is 16.3 Å². The smallest absolute Gasteiger partial charge is 0.188 e. The van der Waals surface area contributed by atoms with Gasteiger partial charge in [-0.25, -0.2) is 4.85 Å². The van der Waals surface area contributed by atoms with Gasteiger partial charge in [0.1, 0.15) is 11.5 Å². The van der Waals surface area contributed by atoms with Crippen molar-refractivity contribution in [2.24, 2.45) is 0 Å². The lowest BCUT2D eigenvalue weighted by Gasteiger charge is -2.35. The van der Waals surface area contributed by atoms with Gasteiger partial charge in [-0.2, -0.15) is 0 Å². The van der Waals surface area contributed by atoms with Crippen molar-refractivity contribution in [2.75, 3.05) is 0 Å². The number of pyridine rings is 2. The highest BCUT2D eigenvalue weighted by Gasteiger charge is 2.35. The first kappa shape index (κ1) is 34.4. The summed E-state index contributed by atoms with van der Waals surface area (Å²) in [7, 11) is 0. The highest BCUT2D eigenvalue weighted by atomic mass is 16.5. The molecule has 0 atom stereocenters. The van der Waals surface area contributed by atoms with Crippen molar-refractivity contribution in [2.45, 2.75) is 19.3 Å². The minimum Gasteiger partial charge on any atom is -0.457 e. The van der Waals surface area contributed by atoms with Gasteiger partial charge in [0, 0.05) is 62.7 Å². The van der Waals surface area contributed by atoms with Crippen molar-refractivity contribution in [3.05, 3.63) is 205 Å². The van der Waals surface area contributed by atoms with Crippen LogP contribution in [0.4, 0.5) is 5.69 Å². The Labute approximate surface area is 342 Å². The highest BCUT2D eigenvalue weighted by Crippen LogP contribution is 2.50. The van der Waals surface area contributed by atoms with Crippen LogP contribution in [-0.4, -0.2) is 14.5 Å². The molecule has 4 heterocycles. The standard InChI is InChI=1S/C54H36N4O/c1-54(2)47-29-35(34-15-19-50-45(28-34)46-31-43(55-3)18-20-51(46)58(50)44-12-5-4-6-13-44)16-21-52(47)59-53-22-17-36(30-48(53)54)39-25-40(38-11-9-23-56-32-38)27-41(26-39)42-24-37-10-7-8-14-49(37)57-33-42/h4-33H,1-2H3. The zero-order valence-corrected chi connectivity index (χ0v) is 32.5. The summed E-state index contributed by atoms with van der Waals surface area (Å²) in [5, 5.41) is 3.29. The van der Waals surface area contributed by atoms with E-state index in [1.165, 1.54) is 0 Å². The van der Waals surface area contributed by atoms with Gasteiger partial charge in [-0.05, 0) is 136 Å². The maximum atomic E-state index is 7.73. The fourth-order valence-electron chi connectivity index (χ4n) is 8.84. The Morgan fingerprint density at radius 2 is 1.15 bits per heavy atom. The Hall–Kier alpha value is -7.81. The summed E-state index contributed by atoms with van der Waals surface area (Å²) in [6.07, 6.45) is 5.70. The number of fused-ring (bicyclic) bond motifs is 6. The van der Waals surface area contributed by atoms with Crippen LogP contribution in [0.5, 0.6) is 11.5 Å². The second kappa shape index (κ2) is 13.4. The monoisotopic (exact) mass is 756 g/mol. The number of aromatic nitrogens is 3. The zero-order chi connectivity index (χ0) is 39.7. The summed E-state index contributed by atoms with van der Waals surface area (Å²) in [5.74, 6) is 1.74. The van der Waals surface area contributed by atoms with Crippen molar-refractivity contribution >= 4 is 38.4 Å². The molecule has 3 aromatic heterocycles. The van der Waals surface area contributed by atoms with E-state index in [0.717, 1.165) is 106 Å². The molecule has 0 aliphatic carbocycles. The van der Waals surface area contributed by atoms with E-state index in [1.54, 1.807) is 0 Å². The molecule has 0 unspecified atom stereocenters. The highest BCUT2D eigenvalue weighted by molar-refractivity contribution is 6.11. The maximum Gasteiger partial charge on any atom is 0.188 e. The Morgan fingerprint density at radius 3 is 1.88 bits per heavy atom. The first-order valence-corrected chi connectivity index (χ1v) is 19.8. The third-order valence-corrected chi connectivity index (χ3v) is 11.9.